The maximum Gasteiger partial charge on any atom is 0.601 e. The van der Waals surface area contributed by atoms with E-state index in [-0.39, 0.29) is 11.2 Å². The first-order valence-corrected chi connectivity index (χ1v) is 6.98. The van der Waals surface area contributed by atoms with Crippen molar-refractivity contribution in [2.75, 3.05) is 0 Å². The van der Waals surface area contributed by atoms with Gasteiger partial charge in [-0.1, -0.05) is 56.3 Å². The third-order valence-corrected chi connectivity index (χ3v) is 4.02. The molecule has 21 heavy (non-hydrogen) atoms. The fourth-order valence-corrected chi connectivity index (χ4v) is 2.69. The first kappa shape index (κ1) is 13.6. The van der Waals surface area contributed by atoms with Crippen LogP contribution < -0.4 is 10.3 Å². The number of hydrogen-bond donors (Lipinski definition) is 0. The predicted molar refractivity (Wildman–Crippen MR) is 82.2 cm³/mol. The number of benzene rings is 2. The van der Waals surface area contributed by atoms with Crippen molar-refractivity contribution >= 4 is 11.0 Å². The Bertz CT molecular complexity index is 848. The van der Waals surface area contributed by atoms with E-state index in [1.54, 1.807) is 7.05 Å². The van der Waals surface area contributed by atoms with Gasteiger partial charge in [-0.05, 0) is 11.6 Å². The zero-order chi connectivity index (χ0) is 15.0. The van der Waals surface area contributed by atoms with E-state index in [0.29, 0.717) is 5.58 Å². The van der Waals surface area contributed by atoms with Gasteiger partial charge >= 0.3 is 5.76 Å². The molecule has 0 fully saturated rings. The summed E-state index contributed by atoms with van der Waals surface area (Å²) in [6.07, 6.45) is 1.81. The van der Waals surface area contributed by atoms with Gasteiger partial charge in [0.1, 0.15) is 7.05 Å². The molecule has 0 spiro atoms. The molecule has 0 aliphatic carbocycles. The van der Waals surface area contributed by atoms with Crippen LogP contribution >= 0.6 is 0 Å². The van der Waals surface area contributed by atoms with Gasteiger partial charge in [0.2, 0.25) is 0 Å². The minimum atomic E-state index is -0.348. The molecule has 0 aliphatic rings. The van der Waals surface area contributed by atoms with Crippen LogP contribution in [0.15, 0.2) is 63.9 Å². The van der Waals surface area contributed by atoms with E-state index >= 15 is 0 Å². The Kier molecular flexibility index (Phi) is 3.13. The molecule has 3 nitrogen and oxygen atoms in total. The normalized spacial score (nSPS) is 11.8. The van der Waals surface area contributed by atoms with E-state index in [0.717, 1.165) is 10.9 Å². The van der Waals surface area contributed by atoms with Crippen LogP contribution in [0.3, 0.4) is 0 Å². The zero-order valence-electron chi connectivity index (χ0n) is 12.5. The third kappa shape index (κ3) is 2.25. The molecule has 0 radical (unpaired) electrons. The summed E-state index contributed by atoms with van der Waals surface area (Å²) in [7, 11) is 1.69. The Morgan fingerprint density at radius 1 is 1.00 bits per heavy atom. The maximum absolute atomic E-state index is 11.8. The number of aromatic nitrogens is 1. The van der Waals surface area contributed by atoms with E-state index in [1.165, 1.54) is 10.1 Å². The second-order valence-corrected chi connectivity index (χ2v) is 5.82. The van der Waals surface area contributed by atoms with Crippen LogP contribution in [0.25, 0.3) is 11.0 Å². The molecule has 0 aliphatic heterocycles. The van der Waals surface area contributed by atoms with Gasteiger partial charge in [0.05, 0.1) is 5.39 Å². The van der Waals surface area contributed by atoms with Crippen LogP contribution in [-0.4, -0.2) is 0 Å². The van der Waals surface area contributed by atoms with Gasteiger partial charge in [-0.3, -0.25) is 0 Å². The first-order chi connectivity index (χ1) is 10.00. The zero-order valence-corrected chi connectivity index (χ0v) is 12.5. The van der Waals surface area contributed by atoms with Gasteiger partial charge in [0.25, 0.3) is 0 Å². The molecule has 2 aromatic carbocycles. The van der Waals surface area contributed by atoms with Gasteiger partial charge in [0.15, 0.2) is 11.8 Å². The van der Waals surface area contributed by atoms with E-state index in [1.807, 2.05) is 42.6 Å². The van der Waals surface area contributed by atoms with Crippen molar-refractivity contribution in [3.63, 3.8) is 0 Å². The summed E-state index contributed by atoms with van der Waals surface area (Å²) in [5.74, 6) is -0.348. The van der Waals surface area contributed by atoms with Crippen molar-refractivity contribution in [2.45, 2.75) is 19.3 Å². The predicted octanol–water partition coefficient (Wildman–Crippen LogP) is 2.94. The van der Waals surface area contributed by atoms with Gasteiger partial charge in [-0.25, -0.2) is 0 Å². The molecule has 1 heterocycles. The van der Waals surface area contributed by atoms with Crippen molar-refractivity contribution in [2.24, 2.45) is 7.05 Å². The summed E-state index contributed by atoms with van der Waals surface area (Å²) < 4.78 is 7.00. The van der Waals surface area contributed by atoms with Gasteiger partial charge in [0, 0.05) is 11.0 Å². The highest BCUT2D eigenvalue weighted by molar-refractivity contribution is 5.80. The first-order valence-electron chi connectivity index (χ1n) is 6.98. The smallest absolute Gasteiger partial charge is 0.371 e. The van der Waals surface area contributed by atoms with E-state index in [4.69, 9.17) is 4.42 Å². The molecule has 0 amide bonds. The molecule has 0 unspecified atom stereocenters. The van der Waals surface area contributed by atoms with Crippen molar-refractivity contribution in [3.05, 3.63) is 76.4 Å². The highest BCUT2D eigenvalue weighted by Gasteiger charge is 2.27. The van der Waals surface area contributed by atoms with Crippen LogP contribution in [0.1, 0.15) is 25.0 Å². The minimum Gasteiger partial charge on any atom is -0.371 e. The number of rotatable bonds is 2. The quantitative estimate of drug-likeness (QED) is 0.676. The molecule has 1 aromatic heterocycles. The number of fused-ring (bicyclic) bond motifs is 1. The topological polar surface area (TPSA) is 34.1 Å². The number of nitrogens with zero attached hydrogens (tertiary/aromatic N) is 1. The Labute approximate surface area is 123 Å². The molecule has 0 saturated heterocycles. The summed E-state index contributed by atoms with van der Waals surface area (Å²) >= 11 is 0. The molecule has 0 bridgehead atoms. The lowest BCUT2D eigenvalue weighted by Crippen LogP contribution is -2.45. The van der Waals surface area contributed by atoms with E-state index < -0.39 is 0 Å². The lowest BCUT2D eigenvalue weighted by atomic mass is 9.77. The van der Waals surface area contributed by atoms with Crippen molar-refractivity contribution in [3.8, 4) is 0 Å². The molecule has 0 saturated carbocycles. The van der Waals surface area contributed by atoms with Crippen molar-refractivity contribution < 1.29 is 8.98 Å². The second kappa shape index (κ2) is 4.85. The van der Waals surface area contributed by atoms with E-state index in [9.17, 15) is 4.79 Å². The summed E-state index contributed by atoms with van der Waals surface area (Å²) in [4.78, 5) is 11.8. The Balaban J connectivity index is 2.30. The van der Waals surface area contributed by atoms with Crippen LogP contribution in [0, 0.1) is 0 Å². The molecule has 0 N–H and O–H groups in total. The Morgan fingerprint density at radius 3 is 2.43 bits per heavy atom. The average molecular weight is 280 g/mol. The summed E-state index contributed by atoms with van der Waals surface area (Å²) in [5.41, 5.74) is 2.63. The van der Waals surface area contributed by atoms with Gasteiger partial charge in [-0.2, -0.15) is 4.79 Å². The fourth-order valence-electron chi connectivity index (χ4n) is 2.69. The maximum atomic E-state index is 11.8. The lowest BCUT2D eigenvalue weighted by Gasteiger charge is -2.26. The second-order valence-electron chi connectivity index (χ2n) is 5.82. The monoisotopic (exact) mass is 280 g/mol. The van der Waals surface area contributed by atoms with Crippen LogP contribution in [0.4, 0.5) is 0 Å². The van der Waals surface area contributed by atoms with Crippen LogP contribution in [0.2, 0.25) is 0 Å². The highest BCUT2D eigenvalue weighted by atomic mass is 16.4. The molecule has 3 aromatic rings. The van der Waals surface area contributed by atoms with Gasteiger partial charge in [-0.15, -0.1) is 4.57 Å². The molecule has 106 valence electrons. The SMILES string of the molecule is C[n+]1cc2cccc(C(C)(C)c3ccccc3)c2oc1=O. The van der Waals surface area contributed by atoms with Crippen LogP contribution in [-0.2, 0) is 12.5 Å². The Morgan fingerprint density at radius 2 is 1.71 bits per heavy atom. The number of aryl methyl sites for hydroxylation is 1. The average Bonchev–Trinajstić information content (AvgIpc) is 2.49. The third-order valence-electron chi connectivity index (χ3n) is 4.02. The van der Waals surface area contributed by atoms with Gasteiger partial charge < -0.3 is 4.42 Å². The molecule has 0 atom stereocenters. The summed E-state index contributed by atoms with van der Waals surface area (Å²) in [6, 6.07) is 16.2. The number of hydrogen-bond acceptors (Lipinski definition) is 2. The molecule has 3 heteroatoms. The number of para-hydroxylation sites is 1. The molecule has 3 rings (SSSR count). The summed E-state index contributed by atoms with van der Waals surface area (Å²) in [6.45, 7) is 4.29. The minimum absolute atomic E-state index is 0.239. The van der Waals surface area contributed by atoms with Crippen molar-refractivity contribution in [1.29, 1.82) is 0 Å². The van der Waals surface area contributed by atoms with E-state index in [2.05, 4.69) is 26.0 Å². The lowest BCUT2D eigenvalue weighted by molar-refractivity contribution is -0.696. The molecular formula is C18H18NO2+. The molecular weight excluding hydrogens is 262 g/mol. The fraction of sp³-hybridized carbons (Fsp3) is 0.222. The van der Waals surface area contributed by atoms with Crippen molar-refractivity contribution in [1.82, 2.24) is 0 Å². The summed E-state index contributed by atoms with van der Waals surface area (Å²) in [5, 5.41) is 0.929. The van der Waals surface area contributed by atoms with Crippen LogP contribution in [0.5, 0.6) is 0 Å². The Hall–Kier alpha value is -2.42. The highest BCUT2D eigenvalue weighted by Crippen LogP contribution is 2.35. The standard InChI is InChI=1S/C18H18NO2/c1-18(2,14-9-5-4-6-10-14)15-11-7-8-13-12-19(3)17(20)21-16(13)15/h4-12H,1-3H3/q+1. The largest absolute Gasteiger partial charge is 0.601 e.